The van der Waals surface area contributed by atoms with Gasteiger partial charge in [0, 0.05) is 6.61 Å². The third-order valence-corrected chi connectivity index (χ3v) is 5.17. The number of hydrogen-bond acceptors (Lipinski definition) is 4. The Hall–Kier alpha value is -0.160. The lowest BCUT2D eigenvalue weighted by Gasteiger charge is -2.11. The Morgan fingerprint density at radius 3 is 1.72 bits per heavy atom. The average molecular weight is 359 g/mol. The predicted octanol–water partition coefficient (Wildman–Crippen LogP) is 4.60. The summed E-state index contributed by atoms with van der Waals surface area (Å²) >= 11 is 0. The minimum absolute atomic E-state index is 0.0976. The molecule has 0 radical (unpaired) electrons. The van der Waals surface area contributed by atoms with Crippen molar-refractivity contribution in [1.82, 2.24) is 0 Å². The SMILES string of the molecule is CCCCCCCCC1OC1CCCCCCCCOC(CO)CO. The number of rotatable bonds is 19. The van der Waals surface area contributed by atoms with E-state index >= 15 is 0 Å². The van der Waals surface area contributed by atoms with E-state index in [4.69, 9.17) is 19.7 Å². The van der Waals surface area contributed by atoms with E-state index in [2.05, 4.69) is 6.92 Å². The third-order valence-electron chi connectivity index (χ3n) is 5.17. The van der Waals surface area contributed by atoms with Crippen LogP contribution in [-0.2, 0) is 9.47 Å². The Balaban J connectivity index is 1.75. The van der Waals surface area contributed by atoms with E-state index in [0.29, 0.717) is 18.8 Å². The summed E-state index contributed by atoms with van der Waals surface area (Å²) in [5.74, 6) is 0. The van der Waals surface area contributed by atoms with E-state index in [9.17, 15) is 0 Å². The van der Waals surface area contributed by atoms with Crippen LogP contribution < -0.4 is 0 Å². The molecule has 1 aliphatic heterocycles. The predicted molar refractivity (Wildman–Crippen MR) is 103 cm³/mol. The molecule has 1 rings (SSSR count). The van der Waals surface area contributed by atoms with Gasteiger partial charge in [-0.25, -0.2) is 0 Å². The van der Waals surface area contributed by atoms with E-state index in [0.717, 1.165) is 6.42 Å². The highest BCUT2D eigenvalue weighted by Crippen LogP contribution is 2.31. The first-order chi connectivity index (χ1) is 12.3. The fourth-order valence-corrected chi connectivity index (χ4v) is 3.38. The van der Waals surface area contributed by atoms with Crippen LogP contribution in [0.5, 0.6) is 0 Å². The molecule has 1 saturated heterocycles. The van der Waals surface area contributed by atoms with Crippen LogP contribution in [0.4, 0.5) is 0 Å². The molecule has 1 aliphatic rings. The lowest BCUT2D eigenvalue weighted by Crippen LogP contribution is -2.22. The minimum atomic E-state index is -0.400. The molecule has 0 saturated carbocycles. The van der Waals surface area contributed by atoms with E-state index in [1.807, 2.05) is 0 Å². The molecule has 25 heavy (non-hydrogen) atoms. The van der Waals surface area contributed by atoms with Gasteiger partial charge in [0.1, 0.15) is 6.10 Å². The van der Waals surface area contributed by atoms with Gasteiger partial charge >= 0.3 is 0 Å². The quantitative estimate of drug-likeness (QED) is 0.261. The number of unbranched alkanes of at least 4 members (excludes halogenated alkanes) is 10. The molecule has 0 aromatic rings. The van der Waals surface area contributed by atoms with Gasteiger partial charge < -0.3 is 19.7 Å². The van der Waals surface area contributed by atoms with E-state index in [-0.39, 0.29) is 13.2 Å². The number of ether oxygens (including phenoxy) is 2. The summed E-state index contributed by atoms with van der Waals surface area (Å²) in [4.78, 5) is 0. The normalized spacial score (nSPS) is 19.7. The van der Waals surface area contributed by atoms with Gasteiger partial charge in [0.2, 0.25) is 0 Å². The largest absolute Gasteiger partial charge is 0.394 e. The van der Waals surface area contributed by atoms with Gasteiger partial charge in [-0.1, -0.05) is 77.6 Å². The van der Waals surface area contributed by atoms with Crippen LogP contribution in [0.2, 0.25) is 0 Å². The fraction of sp³-hybridized carbons (Fsp3) is 1.00. The van der Waals surface area contributed by atoms with Crippen LogP contribution in [0.15, 0.2) is 0 Å². The van der Waals surface area contributed by atoms with Crippen LogP contribution in [0.3, 0.4) is 0 Å². The first kappa shape index (κ1) is 22.9. The molecule has 1 heterocycles. The summed E-state index contributed by atoms with van der Waals surface area (Å²) in [6, 6.07) is 0. The fourth-order valence-electron chi connectivity index (χ4n) is 3.38. The molecular weight excluding hydrogens is 316 g/mol. The number of epoxide rings is 1. The van der Waals surface area contributed by atoms with Crippen molar-refractivity contribution in [2.24, 2.45) is 0 Å². The van der Waals surface area contributed by atoms with Gasteiger partial charge in [0.15, 0.2) is 0 Å². The molecular formula is C21H42O4. The van der Waals surface area contributed by atoms with E-state index < -0.39 is 6.10 Å². The van der Waals surface area contributed by atoms with Crippen molar-refractivity contribution in [3.8, 4) is 0 Å². The Labute approximate surface area is 155 Å². The zero-order chi connectivity index (χ0) is 18.2. The summed E-state index contributed by atoms with van der Waals surface area (Å²) in [5, 5.41) is 17.8. The number of aliphatic hydroxyl groups is 2. The molecule has 0 bridgehead atoms. The second-order valence-corrected chi connectivity index (χ2v) is 7.54. The van der Waals surface area contributed by atoms with E-state index in [1.165, 1.54) is 83.5 Å². The van der Waals surface area contributed by atoms with Crippen molar-refractivity contribution >= 4 is 0 Å². The molecule has 2 unspecified atom stereocenters. The lowest BCUT2D eigenvalue weighted by molar-refractivity contribution is -0.0208. The number of aliphatic hydroxyl groups excluding tert-OH is 2. The second-order valence-electron chi connectivity index (χ2n) is 7.54. The highest BCUT2D eigenvalue weighted by molar-refractivity contribution is 4.84. The highest BCUT2D eigenvalue weighted by atomic mass is 16.6. The molecule has 0 aliphatic carbocycles. The van der Waals surface area contributed by atoms with Crippen molar-refractivity contribution < 1.29 is 19.7 Å². The lowest BCUT2D eigenvalue weighted by atomic mass is 10.0. The molecule has 4 nitrogen and oxygen atoms in total. The van der Waals surface area contributed by atoms with Crippen LogP contribution in [0, 0.1) is 0 Å². The second kappa shape index (κ2) is 16.0. The van der Waals surface area contributed by atoms with E-state index in [1.54, 1.807) is 0 Å². The van der Waals surface area contributed by atoms with Crippen LogP contribution >= 0.6 is 0 Å². The van der Waals surface area contributed by atoms with Gasteiger partial charge in [0.25, 0.3) is 0 Å². The van der Waals surface area contributed by atoms with Gasteiger partial charge in [-0.2, -0.15) is 0 Å². The summed E-state index contributed by atoms with van der Waals surface area (Å²) in [6.07, 6.45) is 18.9. The van der Waals surface area contributed by atoms with Gasteiger partial charge in [-0.3, -0.25) is 0 Å². The molecule has 4 heteroatoms. The monoisotopic (exact) mass is 358 g/mol. The standard InChI is InChI=1S/C21H42O4/c1-2-3-4-5-8-11-14-20-21(25-20)15-12-9-6-7-10-13-16-24-19(17-22)18-23/h19-23H,2-18H2,1H3. The maximum atomic E-state index is 8.89. The van der Waals surface area contributed by atoms with Gasteiger partial charge in [-0.15, -0.1) is 0 Å². The Morgan fingerprint density at radius 2 is 1.20 bits per heavy atom. The molecule has 0 aromatic heterocycles. The minimum Gasteiger partial charge on any atom is -0.394 e. The summed E-state index contributed by atoms with van der Waals surface area (Å²) < 4.78 is 11.2. The van der Waals surface area contributed by atoms with Crippen LogP contribution in [-0.4, -0.2) is 48.3 Å². The van der Waals surface area contributed by atoms with Crippen LogP contribution in [0.25, 0.3) is 0 Å². The van der Waals surface area contributed by atoms with Crippen molar-refractivity contribution in [2.45, 2.75) is 115 Å². The van der Waals surface area contributed by atoms with Crippen molar-refractivity contribution in [1.29, 1.82) is 0 Å². The molecule has 2 N–H and O–H groups in total. The van der Waals surface area contributed by atoms with Crippen LogP contribution in [0.1, 0.15) is 96.8 Å². The smallest absolute Gasteiger partial charge is 0.104 e. The maximum absolute atomic E-state index is 8.89. The summed E-state index contributed by atoms with van der Waals surface area (Å²) in [6.45, 7) is 2.71. The first-order valence-electron chi connectivity index (χ1n) is 10.8. The molecule has 150 valence electrons. The summed E-state index contributed by atoms with van der Waals surface area (Å²) in [5.41, 5.74) is 0. The highest BCUT2D eigenvalue weighted by Gasteiger charge is 2.36. The topological polar surface area (TPSA) is 62.2 Å². The first-order valence-corrected chi connectivity index (χ1v) is 10.8. The van der Waals surface area contributed by atoms with Gasteiger partial charge in [-0.05, 0) is 19.3 Å². The Bertz CT molecular complexity index is 281. The molecule has 1 fully saturated rings. The average Bonchev–Trinajstić information content (AvgIpc) is 3.38. The van der Waals surface area contributed by atoms with Crippen molar-refractivity contribution in [3.05, 3.63) is 0 Å². The van der Waals surface area contributed by atoms with Crippen molar-refractivity contribution in [3.63, 3.8) is 0 Å². The van der Waals surface area contributed by atoms with Gasteiger partial charge in [0.05, 0.1) is 25.4 Å². The molecule has 0 aromatic carbocycles. The summed E-state index contributed by atoms with van der Waals surface area (Å²) in [7, 11) is 0. The molecule has 2 atom stereocenters. The zero-order valence-corrected chi connectivity index (χ0v) is 16.5. The Morgan fingerprint density at radius 1 is 0.720 bits per heavy atom. The third kappa shape index (κ3) is 12.8. The molecule has 0 spiro atoms. The Kier molecular flexibility index (Phi) is 14.7. The maximum Gasteiger partial charge on any atom is 0.104 e. The zero-order valence-electron chi connectivity index (χ0n) is 16.5. The number of hydrogen-bond donors (Lipinski definition) is 2. The van der Waals surface area contributed by atoms with Crippen molar-refractivity contribution in [2.75, 3.05) is 19.8 Å². The molecule has 0 amide bonds.